The first-order valence-electron chi connectivity index (χ1n) is 7.28. The molecular formula is C17H26N2O. The van der Waals surface area contributed by atoms with Crippen molar-refractivity contribution < 1.29 is 4.79 Å². The maximum absolute atomic E-state index is 11.7. The number of carbonyl (C=O) groups is 1. The molecule has 0 spiro atoms. The molecule has 1 rings (SSSR count). The largest absolute Gasteiger partial charge is 0.348 e. The average Bonchev–Trinajstić information content (AvgIpc) is 2.42. The molecule has 0 saturated heterocycles. The van der Waals surface area contributed by atoms with Gasteiger partial charge in [0, 0.05) is 19.2 Å². The van der Waals surface area contributed by atoms with Gasteiger partial charge in [0.25, 0.3) is 0 Å². The Morgan fingerprint density at radius 1 is 1.15 bits per heavy atom. The SMILES string of the molecule is CCN(CC)Cc1ccccc1CNC(=O)C=C(C)C. The van der Waals surface area contributed by atoms with E-state index in [-0.39, 0.29) is 5.91 Å². The second-order valence-electron chi connectivity index (χ2n) is 5.17. The third-order valence-electron chi connectivity index (χ3n) is 3.28. The summed E-state index contributed by atoms with van der Waals surface area (Å²) in [5, 5.41) is 2.95. The molecule has 110 valence electrons. The Morgan fingerprint density at radius 2 is 1.75 bits per heavy atom. The van der Waals surface area contributed by atoms with Crippen molar-refractivity contribution in [1.82, 2.24) is 10.2 Å². The monoisotopic (exact) mass is 274 g/mol. The summed E-state index contributed by atoms with van der Waals surface area (Å²) < 4.78 is 0. The van der Waals surface area contributed by atoms with Crippen LogP contribution in [0.4, 0.5) is 0 Å². The van der Waals surface area contributed by atoms with Crippen molar-refractivity contribution in [3.63, 3.8) is 0 Å². The molecule has 1 aromatic carbocycles. The van der Waals surface area contributed by atoms with E-state index < -0.39 is 0 Å². The van der Waals surface area contributed by atoms with Gasteiger partial charge in [-0.05, 0) is 38.1 Å². The number of nitrogens with one attached hydrogen (secondary N) is 1. The number of carbonyl (C=O) groups excluding carboxylic acids is 1. The summed E-state index contributed by atoms with van der Waals surface area (Å²) in [6, 6.07) is 8.30. The molecule has 0 saturated carbocycles. The van der Waals surface area contributed by atoms with E-state index in [9.17, 15) is 4.79 Å². The van der Waals surface area contributed by atoms with Gasteiger partial charge in [0.2, 0.25) is 5.91 Å². The number of hydrogen-bond donors (Lipinski definition) is 1. The van der Waals surface area contributed by atoms with Gasteiger partial charge in [0.05, 0.1) is 0 Å². The molecule has 1 aromatic rings. The first-order chi connectivity index (χ1) is 9.56. The van der Waals surface area contributed by atoms with Crippen LogP contribution in [-0.4, -0.2) is 23.9 Å². The van der Waals surface area contributed by atoms with Crippen molar-refractivity contribution in [2.75, 3.05) is 13.1 Å². The van der Waals surface area contributed by atoms with Gasteiger partial charge in [-0.1, -0.05) is 43.7 Å². The van der Waals surface area contributed by atoms with Crippen LogP contribution in [0.15, 0.2) is 35.9 Å². The number of hydrogen-bond acceptors (Lipinski definition) is 2. The fourth-order valence-corrected chi connectivity index (χ4v) is 2.07. The lowest BCUT2D eigenvalue weighted by molar-refractivity contribution is -0.116. The Hall–Kier alpha value is -1.61. The van der Waals surface area contributed by atoms with Gasteiger partial charge in [0.1, 0.15) is 0 Å². The average molecular weight is 274 g/mol. The van der Waals surface area contributed by atoms with Gasteiger partial charge < -0.3 is 5.32 Å². The second kappa shape index (κ2) is 8.54. The van der Waals surface area contributed by atoms with Crippen LogP contribution in [0.5, 0.6) is 0 Å². The van der Waals surface area contributed by atoms with Crippen LogP contribution in [0, 0.1) is 0 Å². The first kappa shape index (κ1) is 16.4. The predicted octanol–water partition coefficient (Wildman–Crippen LogP) is 3.11. The molecule has 1 amide bonds. The molecule has 0 bridgehead atoms. The molecule has 0 fully saturated rings. The van der Waals surface area contributed by atoms with E-state index >= 15 is 0 Å². The second-order valence-corrected chi connectivity index (χ2v) is 5.17. The first-order valence-corrected chi connectivity index (χ1v) is 7.28. The number of benzene rings is 1. The van der Waals surface area contributed by atoms with Crippen molar-refractivity contribution in [3.8, 4) is 0 Å². The summed E-state index contributed by atoms with van der Waals surface area (Å²) in [6.07, 6.45) is 1.63. The molecule has 3 heteroatoms. The highest BCUT2D eigenvalue weighted by molar-refractivity contribution is 5.87. The van der Waals surface area contributed by atoms with Crippen LogP contribution in [0.25, 0.3) is 0 Å². The molecule has 0 aliphatic carbocycles. The van der Waals surface area contributed by atoms with E-state index in [1.807, 2.05) is 19.9 Å². The topological polar surface area (TPSA) is 32.3 Å². The maximum atomic E-state index is 11.7. The summed E-state index contributed by atoms with van der Waals surface area (Å²) in [7, 11) is 0. The molecule has 0 aromatic heterocycles. The zero-order valence-corrected chi connectivity index (χ0v) is 13.1. The lowest BCUT2D eigenvalue weighted by Gasteiger charge is -2.20. The molecule has 0 unspecified atom stereocenters. The standard InChI is InChI=1S/C17H26N2O/c1-5-19(6-2)13-16-10-8-7-9-15(16)12-18-17(20)11-14(3)4/h7-11H,5-6,12-13H2,1-4H3,(H,18,20). The minimum absolute atomic E-state index is 0.0253. The van der Waals surface area contributed by atoms with Crippen molar-refractivity contribution in [2.24, 2.45) is 0 Å². The van der Waals surface area contributed by atoms with Crippen molar-refractivity contribution >= 4 is 5.91 Å². The fourth-order valence-electron chi connectivity index (χ4n) is 2.07. The fraction of sp³-hybridized carbons (Fsp3) is 0.471. The summed E-state index contributed by atoms with van der Waals surface area (Å²) >= 11 is 0. The third-order valence-corrected chi connectivity index (χ3v) is 3.28. The van der Waals surface area contributed by atoms with Gasteiger partial charge in [-0.2, -0.15) is 0 Å². The molecule has 3 nitrogen and oxygen atoms in total. The highest BCUT2D eigenvalue weighted by Gasteiger charge is 2.06. The summed E-state index contributed by atoms with van der Waals surface area (Å²) in [4.78, 5) is 14.0. The molecule has 0 aliphatic heterocycles. The Balaban J connectivity index is 2.70. The minimum Gasteiger partial charge on any atom is -0.348 e. The van der Waals surface area contributed by atoms with Gasteiger partial charge >= 0.3 is 0 Å². The Morgan fingerprint density at radius 3 is 2.30 bits per heavy atom. The van der Waals surface area contributed by atoms with E-state index in [1.54, 1.807) is 6.08 Å². The summed E-state index contributed by atoms with van der Waals surface area (Å²) in [6.45, 7) is 11.8. The van der Waals surface area contributed by atoms with Crippen LogP contribution < -0.4 is 5.32 Å². The Labute approximate surface area is 122 Å². The van der Waals surface area contributed by atoms with Gasteiger partial charge in [-0.15, -0.1) is 0 Å². The van der Waals surface area contributed by atoms with Gasteiger partial charge in [-0.3, -0.25) is 9.69 Å². The van der Waals surface area contributed by atoms with Crippen LogP contribution in [-0.2, 0) is 17.9 Å². The quantitative estimate of drug-likeness (QED) is 0.775. The number of rotatable bonds is 7. The van der Waals surface area contributed by atoms with E-state index in [1.165, 1.54) is 11.1 Å². The predicted molar refractivity (Wildman–Crippen MR) is 84.3 cm³/mol. The highest BCUT2D eigenvalue weighted by Crippen LogP contribution is 2.11. The third kappa shape index (κ3) is 5.57. The Bertz CT molecular complexity index is 458. The molecule has 1 N–H and O–H groups in total. The number of amides is 1. The maximum Gasteiger partial charge on any atom is 0.244 e. The molecule has 0 heterocycles. The van der Waals surface area contributed by atoms with E-state index in [2.05, 4.69) is 42.3 Å². The van der Waals surface area contributed by atoms with Crippen LogP contribution in [0.3, 0.4) is 0 Å². The van der Waals surface area contributed by atoms with E-state index in [0.29, 0.717) is 6.54 Å². The van der Waals surface area contributed by atoms with Crippen LogP contribution in [0.1, 0.15) is 38.8 Å². The Kier molecular flexibility index (Phi) is 7.02. The van der Waals surface area contributed by atoms with E-state index in [4.69, 9.17) is 0 Å². The summed E-state index contributed by atoms with van der Waals surface area (Å²) in [5.74, 6) is -0.0253. The van der Waals surface area contributed by atoms with Gasteiger partial charge in [-0.25, -0.2) is 0 Å². The molecule has 20 heavy (non-hydrogen) atoms. The van der Waals surface area contributed by atoms with E-state index in [0.717, 1.165) is 25.2 Å². The van der Waals surface area contributed by atoms with Crippen LogP contribution >= 0.6 is 0 Å². The minimum atomic E-state index is -0.0253. The van der Waals surface area contributed by atoms with Crippen molar-refractivity contribution in [2.45, 2.75) is 40.8 Å². The highest BCUT2D eigenvalue weighted by atomic mass is 16.1. The lowest BCUT2D eigenvalue weighted by atomic mass is 10.1. The zero-order valence-electron chi connectivity index (χ0n) is 13.1. The van der Waals surface area contributed by atoms with Crippen LogP contribution in [0.2, 0.25) is 0 Å². The number of allylic oxidation sites excluding steroid dienone is 1. The zero-order chi connectivity index (χ0) is 15.0. The lowest BCUT2D eigenvalue weighted by Crippen LogP contribution is -2.25. The normalized spacial score (nSPS) is 10.4. The van der Waals surface area contributed by atoms with Crippen molar-refractivity contribution in [1.29, 1.82) is 0 Å². The summed E-state index contributed by atoms with van der Waals surface area (Å²) in [5.41, 5.74) is 3.49. The number of nitrogens with zero attached hydrogens (tertiary/aromatic N) is 1. The van der Waals surface area contributed by atoms with Crippen molar-refractivity contribution in [3.05, 3.63) is 47.0 Å². The smallest absolute Gasteiger partial charge is 0.244 e. The molecule has 0 aliphatic rings. The molecular weight excluding hydrogens is 248 g/mol. The van der Waals surface area contributed by atoms with Gasteiger partial charge in [0.15, 0.2) is 0 Å². The molecule has 0 radical (unpaired) electrons. The molecule has 0 atom stereocenters.